The maximum Gasteiger partial charge on any atom is 0.332 e. The second kappa shape index (κ2) is 14.8. The van der Waals surface area contributed by atoms with Crippen LogP contribution in [0.3, 0.4) is 0 Å². The minimum Gasteiger partial charge on any atom is -0.481 e. The molecule has 0 heterocycles. The Morgan fingerprint density at radius 2 is 1.42 bits per heavy atom. The lowest BCUT2D eigenvalue weighted by Crippen LogP contribution is -2.30. The van der Waals surface area contributed by atoms with Crippen molar-refractivity contribution in [3.63, 3.8) is 0 Å². The molecule has 1 N–H and O–H groups in total. The van der Waals surface area contributed by atoms with E-state index in [9.17, 15) is 14.4 Å². The van der Waals surface area contributed by atoms with E-state index in [1.807, 2.05) is 0 Å². The normalized spacial score (nSPS) is 11.8. The van der Waals surface area contributed by atoms with E-state index < -0.39 is 30.4 Å². The van der Waals surface area contributed by atoms with Gasteiger partial charge >= 0.3 is 17.9 Å². The first-order valence-corrected chi connectivity index (χ1v) is 7.19. The molecular weight excluding hydrogens is 328 g/mol. The highest BCUT2D eigenvalue weighted by atomic mass is 16.6. The molecule has 0 aromatic heterocycles. The van der Waals surface area contributed by atoms with Crippen LogP contribution >= 0.6 is 0 Å². The standard InChI is InChI=1S/C14H24O10/c1-19-3-5-21-9-13(17)23-8-11(7-12(15)16)24-14(18)10-22-6-4-20-2/h11H,3-10H2,1-2H3,(H,15,16). The Hall–Kier alpha value is -1.75. The van der Waals surface area contributed by atoms with Crippen molar-refractivity contribution in [3.05, 3.63) is 0 Å². The van der Waals surface area contributed by atoms with E-state index in [1.165, 1.54) is 14.2 Å². The van der Waals surface area contributed by atoms with Crippen LogP contribution < -0.4 is 0 Å². The van der Waals surface area contributed by atoms with Crippen LogP contribution in [0, 0.1) is 0 Å². The number of rotatable bonds is 15. The van der Waals surface area contributed by atoms with E-state index in [4.69, 9.17) is 33.5 Å². The summed E-state index contributed by atoms with van der Waals surface area (Å²) in [6.45, 7) is 0.0104. The van der Waals surface area contributed by atoms with Crippen LogP contribution in [0.1, 0.15) is 6.42 Å². The van der Waals surface area contributed by atoms with Crippen LogP contribution in [0.15, 0.2) is 0 Å². The largest absolute Gasteiger partial charge is 0.481 e. The summed E-state index contributed by atoms with van der Waals surface area (Å²) in [5, 5.41) is 8.79. The minimum atomic E-state index is -1.19. The fraction of sp³-hybridized carbons (Fsp3) is 0.786. The lowest BCUT2D eigenvalue weighted by Gasteiger charge is -2.16. The minimum absolute atomic E-state index is 0.197. The fourth-order valence-electron chi connectivity index (χ4n) is 1.37. The third-order valence-corrected chi connectivity index (χ3v) is 2.43. The molecule has 0 fully saturated rings. The van der Waals surface area contributed by atoms with Crippen LogP contribution in [0.4, 0.5) is 0 Å². The molecule has 0 saturated heterocycles. The number of carbonyl (C=O) groups is 3. The third-order valence-electron chi connectivity index (χ3n) is 2.43. The van der Waals surface area contributed by atoms with Crippen molar-refractivity contribution in [3.8, 4) is 0 Å². The number of carboxylic acids is 1. The Balaban J connectivity index is 4.09. The monoisotopic (exact) mass is 352 g/mol. The van der Waals surface area contributed by atoms with Crippen LogP contribution in [0.25, 0.3) is 0 Å². The number of carboxylic acid groups (broad SMARTS) is 1. The molecule has 10 heteroatoms. The summed E-state index contributed by atoms with van der Waals surface area (Å²) in [4.78, 5) is 33.7. The third kappa shape index (κ3) is 13.9. The van der Waals surface area contributed by atoms with Gasteiger partial charge < -0.3 is 33.5 Å². The van der Waals surface area contributed by atoms with Gasteiger partial charge in [-0.3, -0.25) is 4.79 Å². The molecule has 0 rings (SSSR count). The molecule has 0 amide bonds. The number of carbonyl (C=O) groups excluding carboxylic acids is 2. The van der Waals surface area contributed by atoms with Crippen LogP contribution in [0.2, 0.25) is 0 Å². The number of hydrogen-bond donors (Lipinski definition) is 1. The zero-order valence-corrected chi connectivity index (χ0v) is 13.9. The molecule has 1 atom stereocenters. The molecule has 0 aliphatic carbocycles. The van der Waals surface area contributed by atoms with Crippen molar-refractivity contribution in [1.82, 2.24) is 0 Å². The van der Waals surface area contributed by atoms with Crippen molar-refractivity contribution < 1.29 is 47.9 Å². The zero-order chi connectivity index (χ0) is 18.2. The second-order valence-corrected chi connectivity index (χ2v) is 4.48. The SMILES string of the molecule is COCCOCC(=O)OCC(CC(=O)O)OC(=O)COCCOC. The molecule has 0 aliphatic rings. The average Bonchev–Trinajstić information content (AvgIpc) is 2.53. The van der Waals surface area contributed by atoms with Gasteiger partial charge in [0.05, 0.1) is 32.8 Å². The summed E-state index contributed by atoms with van der Waals surface area (Å²) in [5.41, 5.74) is 0. The predicted octanol–water partition coefficient (Wildman–Crippen LogP) is -0.758. The topological polar surface area (TPSA) is 127 Å². The number of ether oxygens (including phenoxy) is 6. The molecule has 1 unspecified atom stereocenters. The van der Waals surface area contributed by atoms with Crippen LogP contribution in [-0.2, 0) is 42.8 Å². The summed E-state index contributed by atoms with van der Waals surface area (Å²) < 4.78 is 29.1. The Morgan fingerprint density at radius 3 is 1.92 bits per heavy atom. The first-order chi connectivity index (χ1) is 11.5. The average molecular weight is 352 g/mol. The van der Waals surface area contributed by atoms with Gasteiger partial charge in [0, 0.05) is 14.2 Å². The van der Waals surface area contributed by atoms with E-state index >= 15 is 0 Å². The van der Waals surface area contributed by atoms with Gasteiger partial charge in [-0.1, -0.05) is 0 Å². The quantitative estimate of drug-likeness (QED) is 0.297. The van der Waals surface area contributed by atoms with Gasteiger partial charge in [-0.2, -0.15) is 0 Å². The molecule has 0 aromatic rings. The number of aliphatic carboxylic acids is 1. The molecule has 0 saturated carbocycles. The first kappa shape index (κ1) is 22.2. The summed E-state index contributed by atoms with van der Waals surface area (Å²) in [6.07, 6.45) is -1.61. The maximum atomic E-state index is 11.5. The summed E-state index contributed by atoms with van der Waals surface area (Å²) in [5.74, 6) is -2.65. The highest BCUT2D eigenvalue weighted by Gasteiger charge is 2.20. The molecule has 0 spiro atoms. The number of esters is 2. The molecule has 0 aromatic carbocycles. The molecule has 140 valence electrons. The van der Waals surface area contributed by atoms with Gasteiger partial charge in [0.2, 0.25) is 0 Å². The van der Waals surface area contributed by atoms with Crippen molar-refractivity contribution in [2.45, 2.75) is 12.5 Å². The van der Waals surface area contributed by atoms with Crippen molar-refractivity contribution in [2.75, 3.05) is 60.5 Å². The molecule has 0 bridgehead atoms. The zero-order valence-electron chi connectivity index (χ0n) is 13.9. The number of methoxy groups -OCH3 is 2. The van der Waals surface area contributed by atoms with E-state index in [-0.39, 0.29) is 33.0 Å². The first-order valence-electron chi connectivity index (χ1n) is 7.19. The highest BCUT2D eigenvalue weighted by molar-refractivity contribution is 5.73. The van der Waals surface area contributed by atoms with Gasteiger partial charge in [-0.25, -0.2) is 9.59 Å². The predicted molar refractivity (Wildman–Crippen MR) is 78.5 cm³/mol. The molecule has 0 aliphatic heterocycles. The summed E-state index contributed by atoms with van der Waals surface area (Å²) in [6, 6.07) is 0. The lowest BCUT2D eigenvalue weighted by atomic mass is 10.2. The van der Waals surface area contributed by atoms with Gasteiger partial charge in [-0.05, 0) is 0 Å². The highest BCUT2D eigenvalue weighted by Crippen LogP contribution is 2.02. The number of hydrogen-bond acceptors (Lipinski definition) is 9. The molecule has 24 heavy (non-hydrogen) atoms. The fourth-order valence-corrected chi connectivity index (χ4v) is 1.37. The van der Waals surface area contributed by atoms with Crippen molar-refractivity contribution >= 4 is 17.9 Å². The van der Waals surface area contributed by atoms with E-state index in [0.29, 0.717) is 13.2 Å². The van der Waals surface area contributed by atoms with Crippen molar-refractivity contribution in [2.24, 2.45) is 0 Å². The van der Waals surface area contributed by atoms with Gasteiger partial charge in [-0.15, -0.1) is 0 Å². The molecule has 0 radical (unpaired) electrons. The van der Waals surface area contributed by atoms with Crippen LogP contribution in [0.5, 0.6) is 0 Å². The van der Waals surface area contributed by atoms with Crippen molar-refractivity contribution in [1.29, 1.82) is 0 Å². The van der Waals surface area contributed by atoms with Gasteiger partial charge in [0.15, 0.2) is 0 Å². The smallest absolute Gasteiger partial charge is 0.332 e. The second-order valence-electron chi connectivity index (χ2n) is 4.48. The maximum absolute atomic E-state index is 11.5. The van der Waals surface area contributed by atoms with E-state index in [0.717, 1.165) is 0 Å². The van der Waals surface area contributed by atoms with E-state index in [1.54, 1.807) is 0 Å². The Labute approximate surface area is 139 Å². The van der Waals surface area contributed by atoms with Crippen LogP contribution in [-0.4, -0.2) is 89.6 Å². The Morgan fingerprint density at radius 1 is 0.875 bits per heavy atom. The Bertz CT molecular complexity index is 371. The molecular formula is C14H24O10. The Kier molecular flexibility index (Phi) is 13.7. The summed E-state index contributed by atoms with van der Waals surface area (Å²) in [7, 11) is 2.98. The lowest BCUT2D eigenvalue weighted by molar-refractivity contribution is -0.167. The van der Waals surface area contributed by atoms with Gasteiger partial charge in [0.1, 0.15) is 25.9 Å². The molecule has 10 nitrogen and oxygen atoms in total. The van der Waals surface area contributed by atoms with E-state index in [2.05, 4.69) is 0 Å². The summed E-state index contributed by atoms with van der Waals surface area (Å²) >= 11 is 0. The van der Waals surface area contributed by atoms with Gasteiger partial charge in [0.25, 0.3) is 0 Å².